The van der Waals surface area contributed by atoms with Gasteiger partial charge in [0.1, 0.15) is 0 Å². The van der Waals surface area contributed by atoms with Gasteiger partial charge in [-0.15, -0.1) is 0 Å². The Morgan fingerprint density at radius 3 is 2.91 bits per heavy atom. The van der Waals surface area contributed by atoms with Crippen LogP contribution in [0.1, 0.15) is 18.9 Å². The summed E-state index contributed by atoms with van der Waals surface area (Å²) in [4.78, 5) is 14.0. The second-order valence-corrected chi connectivity index (χ2v) is 5.54. The molecule has 0 radical (unpaired) electrons. The molecule has 0 saturated carbocycles. The number of benzene rings is 1. The first-order valence-electron chi connectivity index (χ1n) is 7.36. The van der Waals surface area contributed by atoms with Crippen LogP contribution >= 0.6 is 0 Å². The summed E-state index contributed by atoms with van der Waals surface area (Å²) < 4.78 is 37.5. The van der Waals surface area contributed by atoms with E-state index in [1.807, 2.05) is 6.92 Å². The quantitative estimate of drug-likeness (QED) is 0.836. The molecule has 1 aromatic rings. The summed E-state index contributed by atoms with van der Waals surface area (Å²) in [6.07, 6.45) is 0.114. The number of methoxy groups -OCH3 is 1. The van der Waals surface area contributed by atoms with Crippen LogP contribution in [-0.4, -0.2) is 49.8 Å². The minimum absolute atomic E-state index is 0.0660. The van der Waals surface area contributed by atoms with Crippen molar-refractivity contribution >= 4 is 5.91 Å². The first-order valence-corrected chi connectivity index (χ1v) is 7.36. The van der Waals surface area contributed by atoms with Crippen molar-refractivity contribution in [1.82, 2.24) is 4.90 Å². The Morgan fingerprint density at radius 2 is 2.18 bits per heavy atom. The second-order valence-electron chi connectivity index (χ2n) is 5.54. The van der Waals surface area contributed by atoms with Gasteiger partial charge >= 0.3 is 0 Å². The smallest absolute Gasteiger partial charge is 0.223 e. The molecular formula is C16H21F2NO3. The number of aryl methyl sites for hydroxylation is 1. The van der Waals surface area contributed by atoms with Gasteiger partial charge in [-0.25, -0.2) is 8.78 Å². The third-order valence-electron chi connectivity index (χ3n) is 3.67. The normalized spacial score (nSPS) is 21.9. The van der Waals surface area contributed by atoms with E-state index in [1.54, 1.807) is 12.0 Å². The van der Waals surface area contributed by atoms with E-state index in [2.05, 4.69) is 0 Å². The van der Waals surface area contributed by atoms with Crippen LogP contribution in [0.3, 0.4) is 0 Å². The van der Waals surface area contributed by atoms with E-state index in [0.717, 1.165) is 6.07 Å². The molecule has 2 atom stereocenters. The van der Waals surface area contributed by atoms with Crippen molar-refractivity contribution in [2.24, 2.45) is 0 Å². The standard InChI is InChI=1S/C16H21F2NO3/c1-11-8-19(9-13(22-11)10-21-2)15(20)7-6-12-4-3-5-14(17)16(12)18/h3-5,11,13H,6-10H2,1-2H3/t11-,13+/m1/s1. The Morgan fingerprint density at radius 1 is 1.41 bits per heavy atom. The van der Waals surface area contributed by atoms with Crippen molar-refractivity contribution in [1.29, 1.82) is 0 Å². The van der Waals surface area contributed by atoms with Gasteiger partial charge in [-0.05, 0) is 25.0 Å². The summed E-state index contributed by atoms with van der Waals surface area (Å²) in [7, 11) is 1.58. The summed E-state index contributed by atoms with van der Waals surface area (Å²) in [6, 6.07) is 4.02. The second kappa shape index (κ2) is 7.65. The Bertz CT molecular complexity index is 524. The Kier molecular flexibility index (Phi) is 5.85. The summed E-state index contributed by atoms with van der Waals surface area (Å²) in [6.45, 7) is 3.29. The lowest BCUT2D eigenvalue weighted by Gasteiger charge is -2.36. The molecule has 122 valence electrons. The third-order valence-corrected chi connectivity index (χ3v) is 3.67. The molecule has 1 fully saturated rings. The van der Waals surface area contributed by atoms with Crippen molar-refractivity contribution in [3.63, 3.8) is 0 Å². The van der Waals surface area contributed by atoms with Crippen LogP contribution in [0.15, 0.2) is 18.2 Å². The van der Waals surface area contributed by atoms with Gasteiger partial charge in [0.05, 0.1) is 18.8 Å². The molecule has 22 heavy (non-hydrogen) atoms. The van der Waals surface area contributed by atoms with Crippen molar-refractivity contribution < 1.29 is 23.0 Å². The predicted octanol–water partition coefficient (Wildman–Crippen LogP) is 2.16. The zero-order valence-corrected chi connectivity index (χ0v) is 12.9. The molecule has 1 aromatic carbocycles. The largest absolute Gasteiger partial charge is 0.382 e. The van der Waals surface area contributed by atoms with Gasteiger partial charge in [0.2, 0.25) is 5.91 Å². The average molecular weight is 313 g/mol. The highest BCUT2D eigenvalue weighted by molar-refractivity contribution is 5.76. The Hall–Kier alpha value is -1.53. The van der Waals surface area contributed by atoms with Crippen LogP contribution in [0.4, 0.5) is 8.78 Å². The first-order chi connectivity index (χ1) is 10.5. The number of morpholine rings is 1. The lowest BCUT2D eigenvalue weighted by atomic mass is 10.1. The van der Waals surface area contributed by atoms with E-state index in [4.69, 9.17) is 9.47 Å². The van der Waals surface area contributed by atoms with Crippen LogP contribution < -0.4 is 0 Å². The van der Waals surface area contributed by atoms with E-state index in [0.29, 0.717) is 19.7 Å². The molecular weight excluding hydrogens is 292 g/mol. The molecule has 1 heterocycles. The molecule has 1 aliphatic rings. The van der Waals surface area contributed by atoms with Crippen LogP contribution in [0.25, 0.3) is 0 Å². The number of halogens is 2. The summed E-state index contributed by atoms with van der Waals surface area (Å²) in [5.41, 5.74) is 0.225. The maximum atomic E-state index is 13.6. The molecule has 0 unspecified atom stereocenters. The number of amides is 1. The number of hydrogen-bond donors (Lipinski definition) is 0. The lowest BCUT2D eigenvalue weighted by Crippen LogP contribution is -2.50. The number of rotatable bonds is 5. The monoisotopic (exact) mass is 313 g/mol. The molecule has 0 spiro atoms. The van der Waals surface area contributed by atoms with Crippen LogP contribution in [-0.2, 0) is 20.7 Å². The lowest BCUT2D eigenvalue weighted by molar-refractivity contribution is -0.148. The molecule has 0 N–H and O–H groups in total. The maximum absolute atomic E-state index is 13.6. The number of carbonyl (C=O) groups excluding carboxylic acids is 1. The van der Waals surface area contributed by atoms with Gasteiger partial charge in [-0.1, -0.05) is 12.1 Å². The van der Waals surface area contributed by atoms with Gasteiger partial charge in [0.15, 0.2) is 11.6 Å². The molecule has 0 bridgehead atoms. The van der Waals surface area contributed by atoms with E-state index in [9.17, 15) is 13.6 Å². The average Bonchev–Trinajstić information content (AvgIpc) is 2.48. The van der Waals surface area contributed by atoms with E-state index in [1.165, 1.54) is 12.1 Å². The van der Waals surface area contributed by atoms with E-state index >= 15 is 0 Å². The Labute approximate surface area is 129 Å². The van der Waals surface area contributed by atoms with E-state index < -0.39 is 11.6 Å². The van der Waals surface area contributed by atoms with Gasteiger partial charge in [-0.3, -0.25) is 4.79 Å². The molecule has 1 saturated heterocycles. The molecule has 4 nitrogen and oxygen atoms in total. The first kappa shape index (κ1) is 16.8. The zero-order chi connectivity index (χ0) is 16.1. The van der Waals surface area contributed by atoms with Crippen LogP contribution in [0.5, 0.6) is 0 Å². The summed E-state index contributed by atoms with van der Waals surface area (Å²) in [5.74, 6) is -1.84. The molecule has 1 amide bonds. The number of nitrogens with zero attached hydrogens (tertiary/aromatic N) is 1. The van der Waals surface area contributed by atoms with Gasteiger partial charge in [0, 0.05) is 26.6 Å². The minimum Gasteiger partial charge on any atom is -0.382 e. The minimum atomic E-state index is -0.884. The molecule has 0 aromatic heterocycles. The molecule has 6 heteroatoms. The van der Waals surface area contributed by atoms with Crippen molar-refractivity contribution in [2.75, 3.05) is 26.8 Å². The summed E-state index contributed by atoms with van der Waals surface area (Å²) in [5, 5.41) is 0. The van der Waals surface area contributed by atoms with Crippen molar-refractivity contribution in [2.45, 2.75) is 32.0 Å². The molecule has 2 rings (SSSR count). The maximum Gasteiger partial charge on any atom is 0.223 e. The van der Waals surface area contributed by atoms with Crippen molar-refractivity contribution in [3.05, 3.63) is 35.4 Å². The van der Waals surface area contributed by atoms with Crippen molar-refractivity contribution in [3.8, 4) is 0 Å². The van der Waals surface area contributed by atoms with Crippen LogP contribution in [0, 0.1) is 11.6 Å². The van der Waals surface area contributed by atoms with Gasteiger partial charge < -0.3 is 14.4 Å². The highest BCUT2D eigenvalue weighted by Crippen LogP contribution is 2.16. The van der Waals surface area contributed by atoms with Gasteiger partial charge in [-0.2, -0.15) is 0 Å². The number of carbonyl (C=O) groups is 1. The highest BCUT2D eigenvalue weighted by Gasteiger charge is 2.28. The third kappa shape index (κ3) is 4.24. The fraction of sp³-hybridized carbons (Fsp3) is 0.562. The Balaban J connectivity index is 1.92. The molecule has 0 aliphatic carbocycles. The number of ether oxygens (including phenoxy) is 2. The number of hydrogen-bond acceptors (Lipinski definition) is 3. The SMILES string of the molecule is COC[C@@H]1CN(C(=O)CCc2cccc(F)c2F)C[C@@H](C)O1. The molecule has 1 aliphatic heterocycles. The van der Waals surface area contributed by atoms with Crippen LogP contribution in [0.2, 0.25) is 0 Å². The van der Waals surface area contributed by atoms with Gasteiger partial charge in [0.25, 0.3) is 0 Å². The summed E-state index contributed by atoms with van der Waals surface area (Å²) >= 11 is 0. The fourth-order valence-electron chi connectivity index (χ4n) is 2.67. The topological polar surface area (TPSA) is 38.8 Å². The van der Waals surface area contributed by atoms with E-state index in [-0.39, 0.29) is 36.5 Å². The predicted molar refractivity (Wildman–Crippen MR) is 77.5 cm³/mol. The zero-order valence-electron chi connectivity index (χ0n) is 12.9. The highest BCUT2D eigenvalue weighted by atomic mass is 19.2. The fourth-order valence-corrected chi connectivity index (χ4v) is 2.67.